The number of ether oxygens (including phenoxy) is 2. The Hall–Kier alpha value is -0.596. The van der Waals surface area contributed by atoms with Crippen molar-refractivity contribution in [3.05, 3.63) is 30.3 Å². The third-order valence-corrected chi connectivity index (χ3v) is 23.0. The monoisotopic (exact) mass is 756 g/mol. The summed E-state index contributed by atoms with van der Waals surface area (Å²) in [4.78, 5) is 0.231. The number of hydrogen-bond acceptors (Lipinski definition) is 7. The van der Waals surface area contributed by atoms with Crippen LogP contribution in [0.1, 0.15) is 116 Å². The van der Waals surface area contributed by atoms with Crippen LogP contribution in [-0.2, 0) is 28.2 Å². The first kappa shape index (κ1) is 45.6. The zero-order chi connectivity index (χ0) is 38.8. The second-order valence-electron chi connectivity index (χ2n) is 19.6. The molecule has 1 aliphatic rings. The maximum Gasteiger partial charge on any atom is 0.192 e. The summed E-state index contributed by atoms with van der Waals surface area (Å²) in [5, 5.41) is 11.1. The molecule has 0 saturated carbocycles. The molecule has 0 aliphatic carbocycles. The van der Waals surface area contributed by atoms with E-state index in [1.54, 1.807) is 24.3 Å². The number of benzene rings is 1. The zero-order valence-electron chi connectivity index (χ0n) is 35.1. The van der Waals surface area contributed by atoms with Gasteiger partial charge in [0.05, 0.1) is 40.7 Å². The van der Waals surface area contributed by atoms with Crippen LogP contribution in [0.2, 0.25) is 36.3 Å². The molecular weight excluding hydrogens is 681 g/mol. The zero-order valence-corrected chi connectivity index (χ0v) is 37.9. The number of aliphatic hydroxyl groups excluding tert-OH is 1. The first-order chi connectivity index (χ1) is 22.4. The van der Waals surface area contributed by atoms with E-state index in [0.29, 0.717) is 19.3 Å². The summed E-state index contributed by atoms with van der Waals surface area (Å²) in [5.74, 6) is -0.759. The van der Waals surface area contributed by atoms with E-state index >= 15 is 0 Å². The van der Waals surface area contributed by atoms with E-state index in [9.17, 15) is 13.5 Å². The van der Waals surface area contributed by atoms with Crippen LogP contribution in [-0.4, -0.2) is 71.7 Å². The molecule has 2 unspecified atom stereocenters. The molecule has 292 valence electrons. The Morgan fingerprint density at radius 2 is 1.32 bits per heavy atom. The second-order valence-corrected chi connectivity index (χ2v) is 31.2. The van der Waals surface area contributed by atoms with E-state index in [-0.39, 0.29) is 57.1 Å². The predicted molar refractivity (Wildman–Crippen MR) is 213 cm³/mol. The van der Waals surface area contributed by atoms with E-state index in [1.807, 2.05) is 26.8 Å². The molecule has 0 spiro atoms. The van der Waals surface area contributed by atoms with Gasteiger partial charge in [-0.15, -0.1) is 0 Å². The van der Waals surface area contributed by atoms with E-state index in [4.69, 9.17) is 18.3 Å². The highest BCUT2D eigenvalue weighted by Crippen LogP contribution is 2.43. The van der Waals surface area contributed by atoms with E-state index in [2.05, 4.69) is 102 Å². The van der Waals surface area contributed by atoms with Crippen molar-refractivity contribution in [1.29, 1.82) is 0 Å². The third-order valence-electron chi connectivity index (χ3n) is 11.6. The molecule has 50 heavy (non-hydrogen) atoms. The lowest BCUT2D eigenvalue weighted by Gasteiger charge is -2.47. The fourth-order valence-corrected chi connectivity index (χ4v) is 11.7. The van der Waals surface area contributed by atoms with E-state index < -0.39 is 49.5 Å². The van der Waals surface area contributed by atoms with E-state index in [0.717, 1.165) is 0 Å². The van der Waals surface area contributed by atoms with Crippen LogP contribution in [0.3, 0.4) is 0 Å². The minimum Gasteiger partial charge on any atom is -0.411 e. The molecule has 1 fully saturated rings. The van der Waals surface area contributed by atoms with Crippen LogP contribution in [0.25, 0.3) is 0 Å². The normalized spacial score (nSPS) is 23.1. The quantitative estimate of drug-likeness (QED) is 0.158. The number of sulfone groups is 1. The number of rotatable bonds is 17. The van der Waals surface area contributed by atoms with Gasteiger partial charge < -0.3 is 23.4 Å². The summed E-state index contributed by atoms with van der Waals surface area (Å²) in [6, 6.07) is 8.57. The van der Waals surface area contributed by atoms with Crippen molar-refractivity contribution in [2.45, 2.75) is 199 Å². The van der Waals surface area contributed by atoms with Gasteiger partial charge in [0, 0.05) is 0 Å². The van der Waals surface area contributed by atoms with Crippen molar-refractivity contribution in [3.8, 4) is 0 Å². The van der Waals surface area contributed by atoms with Crippen LogP contribution in [0.4, 0.5) is 0 Å². The molecule has 1 saturated heterocycles. The molecule has 1 aromatic carbocycles. The predicted octanol–water partition coefficient (Wildman–Crippen LogP) is 10.2. The maximum atomic E-state index is 14.4. The van der Waals surface area contributed by atoms with Crippen LogP contribution in [0.5, 0.6) is 0 Å². The van der Waals surface area contributed by atoms with Gasteiger partial charge in [-0.25, -0.2) is 8.42 Å². The van der Waals surface area contributed by atoms with Crippen molar-refractivity contribution in [2.75, 3.05) is 0 Å². The average Bonchev–Trinajstić information content (AvgIpc) is 3.24. The Kier molecular flexibility index (Phi) is 15.3. The molecule has 7 nitrogen and oxygen atoms in total. The molecule has 0 bridgehead atoms. The van der Waals surface area contributed by atoms with Crippen molar-refractivity contribution in [3.63, 3.8) is 0 Å². The summed E-state index contributed by atoms with van der Waals surface area (Å²) in [5.41, 5.74) is 0. The average molecular weight is 757 g/mol. The third kappa shape index (κ3) is 11.7. The molecule has 0 amide bonds. The van der Waals surface area contributed by atoms with Crippen molar-refractivity contribution < 1.29 is 31.9 Å². The van der Waals surface area contributed by atoms with Gasteiger partial charge in [-0.3, -0.25) is 0 Å². The van der Waals surface area contributed by atoms with Gasteiger partial charge in [0.15, 0.2) is 32.3 Å². The lowest BCUT2D eigenvalue weighted by Crippen LogP contribution is -2.53. The molecule has 10 heteroatoms. The van der Waals surface area contributed by atoms with Crippen LogP contribution in [0.15, 0.2) is 35.2 Å². The van der Waals surface area contributed by atoms with Gasteiger partial charge >= 0.3 is 0 Å². The molecule has 1 aliphatic heterocycles. The molecule has 1 N–H and O–H groups in total. The Morgan fingerprint density at radius 3 is 1.78 bits per heavy atom. The summed E-state index contributed by atoms with van der Waals surface area (Å²) in [6.07, 6.45) is -0.395. The summed E-state index contributed by atoms with van der Waals surface area (Å²) >= 11 is 0. The molecule has 0 aromatic heterocycles. The Bertz CT molecular complexity index is 1300. The largest absolute Gasteiger partial charge is 0.411 e. The van der Waals surface area contributed by atoms with Crippen LogP contribution >= 0.6 is 0 Å². The van der Waals surface area contributed by atoms with Crippen LogP contribution < -0.4 is 0 Å². The fourth-order valence-electron chi connectivity index (χ4n) is 6.77. The van der Waals surface area contributed by atoms with Crippen molar-refractivity contribution >= 4 is 26.5 Å². The summed E-state index contributed by atoms with van der Waals surface area (Å²) in [7, 11) is -8.26. The fraction of sp³-hybridized carbons (Fsp3) is 0.850. The van der Waals surface area contributed by atoms with Gasteiger partial charge in [0.25, 0.3) is 0 Å². The smallest absolute Gasteiger partial charge is 0.192 e. The topological polar surface area (TPSA) is 91.3 Å². The van der Waals surface area contributed by atoms with Gasteiger partial charge in [-0.1, -0.05) is 101 Å². The Labute approximate surface area is 310 Å². The SMILES string of the molecule is CC(C)[C@@H](O[Si](C)(C)C(C)(C)C)[C@@H](C[C@@H](C)CC(O)C([C@@H](C)C[C@H]1OC(C)(C)O[C@H]1C(C)C)S(=O)(=O)c1ccccc1)O[Si](C)(C)C(C)(C)C. The van der Waals surface area contributed by atoms with Gasteiger partial charge in [0.1, 0.15) is 0 Å². The summed E-state index contributed by atoms with van der Waals surface area (Å²) < 4.78 is 55.8. The molecule has 2 rings (SSSR count). The standard InChI is InChI=1S/C40H76O7SSi2/c1-27(2)35-33(44-40(13,14)45-35)26-30(6)37(48(42,43)31-22-20-19-21-23-31)32(41)24-29(5)25-34(46-49(15,16)38(7,8)9)36(28(3)4)47-50(17,18)39(10,11)12/h19-23,27-30,32-37,41H,24-26H2,1-18H3/t29-,30-,32?,33+,34+,35-,36+,37?/m0/s1. The molecule has 1 aromatic rings. The first-order valence-corrected chi connectivity index (χ1v) is 26.5. The Morgan fingerprint density at radius 1 is 0.820 bits per heavy atom. The highest BCUT2D eigenvalue weighted by molar-refractivity contribution is 7.92. The van der Waals surface area contributed by atoms with Crippen molar-refractivity contribution in [1.82, 2.24) is 0 Å². The minimum atomic E-state index is -3.89. The highest BCUT2D eigenvalue weighted by Gasteiger charge is 2.48. The summed E-state index contributed by atoms with van der Waals surface area (Å²) in [6.45, 7) is 39.2. The first-order valence-electron chi connectivity index (χ1n) is 19.1. The lowest BCUT2D eigenvalue weighted by molar-refractivity contribution is -0.150. The molecule has 8 atom stereocenters. The van der Waals surface area contributed by atoms with E-state index in [1.165, 1.54) is 0 Å². The number of aliphatic hydroxyl groups is 1. The van der Waals surface area contributed by atoms with Gasteiger partial charge in [-0.2, -0.15) is 0 Å². The van der Waals surface area contributed by atoms with Crippen molar-refractivity contribution in [2.24, 2.45) is 23.7 Å². The second kappa shape index (κ2) is 16.8. The maximum absolute atomic E-state index is 14.4. The van der Waals surface area contributed by atoms with Gasteiger partial charge in [-0.05, 0) is 105 Å². The molecular formula is C40H76O7SSi2. The molecule has 1 heterocycles. The number of hydrogen-bond donors (Lipinski definition) is 1. The van der Waals surface area contributed by atoms with Crippen LogP contribution in [0, 0.1) is 23.7 Å². The lowest BCUT2D eigenvalue weighted by atomic mass is 9.86. The van der Waals surface area contributed by atoms with Gasteiger partial charge in [0.2, 0.25) is 0 Å². The Balaban J connectivity index is 2.50. The minimum absolute atomic E-state index is 0.00519. The molecule has 0 radical (unpaired) electrons. The highest BCUT2D eigenvalue weighted by atomic mass is 32.2.